The molecule has 1 aliphatic carbocycles. The Balaban J connectivity index is 1.44. The van der Waals surface area contributed by atoms with Gasteiger partial charge in [0.05, 0.1) is 0 Å². The van der Waals surface area contributed by atoms with Gasteiger partial charge in [0.1, 0.15) is 5.82 Å². The molecular weight excluding hydrogens is 345 g/mol. The van der Waals surface area contributed by atoms with Crippen LogP contribution in [0.4, 0.5) is 4.39 Å². The Hall–Kier alpha value is -2.57. The average molecular weight is 373 g/mol. The molecule has 2 aromatic rings. The van der Waals surface area contributed by atoms with Crippen LogP contribution in [-0.4, -0.2) is 42.5 Å². The summed E-state index contributed by atoms with van der Waals surface area (Å²) in [4.78, 5) is 19.4. The first-order valence-corrected chi connectivity index (χ1v) is 9.72. The van der Waals surface area contributed by atoms with Crippen LogP contribution in [0.2, 0.25) is 0 Å². The van der Waals surface area contributed by atoms with Gasteiger partial charge in [0, 0.05) is 49.2 Å². The second-order valence-corrected chi connectivity index (χ2v) is 6.89. The normalized spacial score (nSPS) is 14.4. The molecule has 0 saturated heterocycles. The molecule has 1 fully saturated rings. The molecule has 0 atom stereocenters. The molecule has 1 aliphatic rings. The second kappa shape index (κ2) is 9.39. The van der Waals surface area contributed by atoms with Crippen LogP contribution in [0.15, 0.2) is 29.4 Å². The number of amides is 1. The number of fused-ring (bicyclic) bond motifs is 1. The number of H-pyrrole nitrogens is 1. The van der Waals surface area contributed by atoms with Gasteiger partial charge in [-0.05, 0) is 56.4 Å². The van der Waals surface area contributed by atoms with Gasteiger partial charge in [0.15, 0.2) is 5.96 Å². The molecule has 0 bridgehead atoms. The van der Waals surface area contributed by atoms with Crippen molar-refractivity contribution in [3.05, 3.63) is 35.8 Å². The van der Waals surface area contributed by atoms with Crippen molar-refractivity contribution in [1.82, 2.24) is 20.9 Å². The number of halogens is 1. The molecule has 146 valence electrons. The summed E-state index contributed by atoms with van der Waals surface area (Å²) >= 11 is 0. The van der Waals surface area contributed by atoms with Crippen LogP contribution in [0.25, 0.3) is 10.9 Å². The van der Waals surface area contributed by atoms with Crippen molar-refractivity contribution >= 4 is 22.8 Å². The fraction of sp³-hybridized carbons (Fsp3) is 0.500. The maximum absolute atomic E-state index is 13.5. The quantitative estimate of drug-likeness (QED) is 0.310. The Morgan fingerprint density at radius 3 is 2.96 bits per heavy atom. The van der Waals surface area contributed by atoms with E-state index in [9.17, 15) is 9.18 Å². The molecule has 7 heteroatoms. The number of carbonyl (C=O) groups excluding carboxylic acids is 1. The minimum absolute atomic E-state index is 0.122. The van der Waals surface area contributed by atoms with Gasteiger partial charge in [-0.25, -0.2) is 4.39 Å². The number of aromatic amines is 1. The van der Waals surface area contributed by atoms with Gasteiger partial charge in [-0.1, -0.05) is 0 Å². The van der Waals surface area contributed by atoms with Gasteiger partial charge >= 0.3 is 0 Å². The number of hydrogen-bond donors (Lipinski definition) is 4. The number of aromatic nitrogens is 1. The Kier molecular flexibility index (Phi) is 6.68. The van der Waals surface area contributed by atoms with Gasteiger partial charge in [-0.3, -0.25) is 9.79 Å². The summed E-state index contributed by atoms with van der Waals surface area (Å²) in [6, 6.07) is 5.19. The van der Waals surface area contributed by atoms with Crippen LogP contribution in [0.3, 0.4) is 0 Å². The molecule has 0 aliphatic heterocycles. The predicted octanol–water partition coefficient (Wildman–Crippen LogP) is 2.46. The second-order valence-electron chi connectivity index (χ2n) is 6.89. The van der Waals surface area contributed by atoms with Crippen LogP contribution in [-0.2, 0) is 11.2 Å². The number of nitrogens with zero attached hydrogens (tertiary/aromatic N) is 1. The van der Waals surface area contributed by atoms with E-state index in [1.807, 2.05) is 13.1 Å². The van der Waals surface area contributed by atoms with E-state index in [4.69, 9.17) is 0 Å². The number of hydrogen-bond acceptors (Lipinski definition) is 2. The molecule has 27 heavy (non-hydrogen) atoms. The number of benzene rings is 1. The number of aliphatic imine (C=N–C) groups is 1. The SMILES string of the molecule is CCNC(=NCCCC(=O)NC1CC1)NCCc1c[nH]c2ccc(F)cc12. The number of rotatable bonds is 9. The van der Waals surface area contributed by atoms with E-state index in [1.54, 1.807) is 12.1 Å². The average Bonchev–Trinajstić information content (AvgIpc) is 3.37. The molecule has 1 aromatic heterocycles. The summed E-state index contributed by atoms with van der Waals surface area (Å²) in [5.41, 5.74) is 2.01. The summed E-state index contributed by atoms with van der Waals surface area (Å²) in [6.07, 6.45) is 6.16. The molecule has 3 rings (SSSR count). The van der Waals surface area contributed by atoms with Crippen molar-refractivity contribution in [2.24, 2.45) is 4.99 Å². The van der Waals surface area contributed by atoms with E-state index >= 15 is 0 Å². The van der Waals surface area contributed by atoms with E-state index in [-0.39, 0.29) is 11.7 Å². The minimum atomic E-state index is -0.225. The van der Waals surface area contributed by atoms with Gasteiger partial charge in [0.25, 0.3) is 0 Å². The van der Waals surface area contributed by atoms with Gasteiger partial charge in [0.2, 0.25) is 5.91 Å². The molecule has 1 saturated carbocycles. The van der Waals surface area contributed by atoms with E-state index in [0.717, 1.165) is 54.7 Å². The zero-order valence-corrected chi connectivity index (χ0v) is 15.8. The third kappa shape index (κ3) is 5.98. The molecule has 1 aromatic carbocycles. The topological polar surface area (TPSA) is 81.3 Å². The largest absolute Gasteiger partial charge is 0.361 e. The van der Waals surface area contributed by atoms with Crippen molar-refractivity contribution < 1.29 is 9.18 Å². The summed E-state index contributed by atoms with van der Waals surface area (Å²) < 4.78 is 13.5. The van der Waals surface area contributed by atoms with E-state index in [1.165, 1.54) is 6.07 Å². The van der Waals surface area contributed by atoms with Crippen molar-refractivity contribution in [2.75, 3.05) is 19.6 Å². The lowest BCUT2D eigenvalue weighted by molar-refractivity contribution is -0.121. The first-order valence-electron chi connectivity index (χ1n) is 9.72. The first kappa shape index (κ1) is 19.2. The van der Waals surface area contributed by atoms with E-state index < -0.39 is 0 Å². The van der Waals surface area contributed by atoms with Crippen molar-refractivity contribution in [1.29, 1.82) is 0 Å². The number of carbonyl (C=O) groups is 1. The van der Waals surface area contributed by atoms with Crippen molar-refractivity contribution in [2.45, 2.75) is 45.1 Å². The van der Waals surface area contributed by atoms with Crippen molar-refractivity contribution in [3.63, 3.8) is 0 Å². The molecule has 0 radical (unpaired) electrons. The maximum atomic E-state index is 13.5. The van der Waals surface area contributed by atoms with Crippen LogP contribution in [0.5, 0.6) is 0 Å². The highest BCUT2D eigenvalue weighted by molar-refractivity contribution is 5.83. The van der Waals surface area contributed by atoms with Crippen LogP contribution in [0.1, 0.15) is 38.2 Å². The minimum Gasteiger partial charge on any atom is -0.361 e. The van der Waals surface area contributed by atoms with Crippen LogP contribution in [0, 0.1) is 5.82 Å². The molecular formula is C20H28FN5O. The Labute approximate surface area is 159 Å². The molecule has 6 nitrogen and oxygen atoms in total. The number of nitrogens with one attached hydrogen (secondary N) is 4. The van der Waals surface area contributed by atoms with Crippen LogP contribution < -0.4 is 16.0 Å². The highest BCUT2D eigenvalue weighted by Gasteiger charge is 2.22. The lowest BCUT2D eigenvalue weighted by Gasteiger charge is -2.11. The molecule has 1 amide bonds. The fourth-order valence-electron chi connectivity index (χ4n) is 2.97. The highest BCUT2D eigenvalue weighted by Crippen LogP contribution is 2.20. The fourth-order valence-corrected chi connectivity index (χ4v) is 2.97. The lowest BCUT2D eigenvalue weighted by atomic mass is 10.1. The summed E-state index contributed by atoms with van der Waals surface area (Å²) in [7, 11) is 0. The summed E-state index contributed by atoms with van der Waals surface area (Å²) in [5, 5.41) is 10.4. The van der Waals surface area contributed by atoms with Gasteiger partial charge in [-0.2, -0.15) is 0 Å². The van der Waals surface area contributed by atoms with Crippen molar-refractivity contribution in [3.8, 4) is 0 Å². The highest BCUT2D eigenvalue weighted by atomic mass is 19.1. The number of guanidine groups is 1. The maximum Gasteiger partial charge on any atom is 0.220 e. The smallest absolute Gasteiger partial charge is 0.220 e. The standard InChI is InChI=1S/C20H28FN5O/c1-2-22-20(23-10-3-4-19(27)26-16-6-7-16)24-11-9-14-13-25-18-8-5-15(21)12-17(14)18/h5,8,12-13,16,25H,2-4,6-7,9-11H2,1H3,(H,26,27)(H2,22,23,24). The van der Waals surface area contributed by atoms with E-state index in [0.29, 0.717) is 25.6 Å². The third-order valence-corrected chi connectivity index (χ3v) is 4.53. The Morgan fingerprint density at radius 2 is 2.19 bits per heavy atom. The summed E-state index contributed by atoms with van der Waals surface area (Å²) in [6.45, 7) is 4.08. The summed E-state index contributed by atoms with van der Waals surface area (Å²) in [5.74, 6) is 0.639. The van der Waals surface area contributed by atoms with Gasteiger partial charge in [-0.15, -0.1) is 0 Å². The molecule has 4 N–H and O–H groups in total. The van der Waals surface area contributed by atoms with Crippen LogP contribution >= 0.6 is 0 Å². The zero-order chi connectivity index (χ0) is 19.1. The first-order chi connectivity index (χ1) is 13.2. The monoisotopic (exact) mass is 373 g/mol. The predicted molar refractivity (Wildman–Crippen MR) is 106 cm³/mol. The third-order valence-electron chi connectivity index (χ3n) is 4.53. The Bertz CT molecular complexity index is 797. The van der Waals surface area contributed by atoms with Gasteiger partial charge < -0.3 is 20.9 Å². The van der Waals surface area contributed by atoms with E-state index in [2.05, 4.69) is 25.9 Å². The Morgan fingerprint density at radius 1 is 1.33 bits per heavy atom. The molecule has 1 heterocycles. The zero-order valence-electron chi connectivity index (χ0n) is 15.8. The molecule has 0 spiro atoms. The lowest BCUT2D eigenvalue weighted by Crippen LogP contribution is -2.38. The molecule has 0 unspecified atom stereocenters.